The van der Waals surface area contributed by atoms with Gasteiger partial charge in [-0.2, -0.15) is 0 Å². The number of aromatic carboxylic acids is 1. The maximum Gasteiger partial charge on any atom is 0.335 e. The molecule has 1 unspecified atom stereocenters. The standard InChI is InChI=1S/C19H15BrN2O5S/c20-12-3-7-14(8-4-12)22-17(24)9-15(18(22)25)28-10-16(23)21-13-5-1-11(2-6-13)19(26)27/h1-8,15H,9-10H2,(H,21,23)(H,26,27). The van der Waals surface area contributed by atoms with E-state index in [1.54, 1.807) is 24.3 Å². The molecule has 1 fully saturated rings. The van der Waals surface area contributed by atoms with Gasteiger partial charge in [-0.1, -0.05) is 15.9 Å². The van der Waals surface area contributed by atoms with E-state index in [1.165, 1.54) is 24.3 Å². The maximum atomic E-state index is 12.6. The number of carboxylic acids is 1. The fourth-order valence-electron chi connectivity index (χ4n) is 2.67. The zero-order valence-electron chi connectivity index (χ0n) is 14.4. The highest BCUT2D eigenvalue weighted by molar-refractivity contribution is 9.10. The molecule has 2 N–H and O–H groups in total. The van der Waals surface area contributed by atoms with Crippen LogP contribution in [0.4, 0.5) is 11.4 Å². The lowest BCUT2D eigenvalue weighted by Crippen LogP contribution is -2.31. The molecule has 0 spiro atoms. The minimum absolute atomic E-state index is 0.00144. The highest BCUT2D eigenvalue weighted by Crippen LogP contribution is 2.30. The van der Waals surface area contributed by atoms with Gasteiger partial charge < -0.3 is 10.4 Å². The van der Waals surface area contributed by atoms with E-state index >= 15 is 0 Å². The van der Waals surface area contributed by atoms with Crippen LogP contribution in [0.15, 0.2) is 53.0 Å². The van der Waals surface area contributed by atoms with E-state index in [2.05, 4.69) is 21.2 Å². The van der Waals surface area contributed by atoms with Crippen molar-refractivity contribution in [3.8, 4) is 0 Å². The van der Waals surface area contributed by atoms with Gasteiger partial charge in [-0.15, -0.1) is 11.8 Å². The Morgan fingerprint density at radius 1 is 1.11 bits per heavy atom. The lowest BCUT2D eigenvalue weighted by Gasteiger charge is -2.15. The number of imide groups is 1. The summed E-state index contributed by atoms with van der Waals surface area (Å²) in [5, 5.41) is 10.9. The van der Waals surface area contributed by atoms with Gasteiger partial charge in [-0.05, 0) is 48.5 Å². The lowest BCUT2D eigenvalue weighted by atomic mass is 10.2. The summed E-state index contributed by atoms with van der Waals surface area (Å²) in [7, 11) is 0. The van der Waals surface area contributed by atoms with Gasteiger partial charge in [0.25, 0.3) is 0 Å². The number of carboxylic acid groups (broad SMARTS) is 1. The van der Waals surface area contributed by atoms with E-state index in [0.29, 0.717) is 11.4 Å². The number of anilines is 2. The molecule has 1 aliphatic heterocycles. The topological polar surface area (TPSA) is 104 Å². The number of carbonyl (C=O) groups is 4. The molecule has 2 aromatic rings. The van der Waals surface area contributed by atoms with Gasteiger partial charge in [-0.3, -0.25) is 14.4 Å². The van der Waals surface area contributed by atoms with Crippen molar-refractivity contribution in [2.75, 3.05) is 16.0 Å². The van der Waals surface area contributed by atoms with Gasteiger partial charge in [0.15, 0.2) is 0 Å². The summed E-state index contributed by atoms with van der Waals surface area (Å²) in [5.74, 6) is -2.02. The normalized spacial score (nSPS) is 16.3. The third-order valence-electron chi connectivity index (χ3n) is 4.02. The molecule has 1 aliphatic rings. The van der Waals surface area contributed by atoms with E-state index in [4.69, 9.17) is 5.11 Å². The highest BCUT2D eigenvalue weighted by Gasteiger charge is 2.40. The first-order valence-corrected chi connectivity index (χ1v) is 10.1. The lowest BCUT2D eigenvalue weighted by molar-refractivity contribution is -0.121. The van der Waals surface area contributed by atoms with Gasteiger partial charge in [0.05, 0.1) is 22.3 Å². The fourth-order valence-corrected chi connectivity index (χ4v) is 3.86. The Labute approximate surface area is 173 Å². The van der Waals surface area contributed by atoms with Gasteiger partial charge in [0, 0.05) is 16.6 Å². The van der Waals surface area contributed by atoms with Gasteiger partial charge in [-0.25, -0.2) is 9.69 Å². The van der Waals surface area contributed by atoms with E-state index in [-0.39, 0.29) is 35.5 Å². The SMILES string of the molecule is O=C(CSC1CC(=O)N(c2ccc(Br)cc2)C1=O)Nc1ccc(C(=O)O)cc1. The van der Waals surface area contributed by atoms with E-state index in [9.17, 15) is 19.2 Å². The molecular weight excluding hydrogens is 448 g/mol. The Balaban J connectivity index is 1.56. The second kappa shape index (κ2) is 8.57. The van der Waals surface area contributed by atoms with Crippen LogP contribution in [0.25, 0.3) is 0 Å². The number of nitrogens with one attached hydrogen (secondary N) is 1. The van der Waals surface area contributed by atoms with E-state index in [1.807, 2.05) is 0 Å². The van der Waals surface area contributed by atoms with Crippen molar-refractivity contribution in [2.45, 2.75) is 11.7 Å². The molecule has 0 radical (unpaired) electrons. The summed E-state index contributed by atoms with van der Waals surface area (Å²) < 4.78 is 0.842. The first-order chi connectivity index (χ1) is 13.3. The minimum atomic E-state index is -1.05. The summed E-state index contributed by atoms with van der Waals surface area (Å²) >= 11 is 4.41. The molecule has 3 rings (SSSR count). The summed E-state index contributed by atoms with van der Waals surface area (Å²) in [6.07, 6.45) is 0.0418. The van der Waals surface area contributed by atoms with Crippen LogP contribution in [-0.4, -0.2) is 39.8 Å². The number of nitrogens with zero attached hydrogens (tertiary/aromatic N) is 1. The third-order valence-corrected chi connectivity index (χ3v) is 5.75. The van der Waals surface area contributed by atoms with Gasteiger partial charge in [0.2, 0.25) is 17.7 Å². The van der Waals surface area contributed by atoms with Crippen molar-refractivity contribution in [3.05, 3.63) is 58.6 Å². The maximum absolute atomic E-state index is 12.6. The number of halogens is 1. The number of benzene rings is 2. The summed E-state index contributed by atoms with van der Waals surface area (Å²) in [4.78, 5) is 48.9. The molecule has 9 heteroatoms. The number of rotatable bonds is 6. The van der Waals surface area contributed by atoms with Crippen molar-refractivity contribution < 1.29 is 24.3 Å². The van der Waals surface area contributed by atoms with E-state index in [0.717, 1.165) is 21.1 Å². The first-order valence-electron chi connectivity index (χ1n) is 8.22. The highest BCUT2D eigenvalue weighted by atomic mass is 79.9. The molecular formula is C19H15BrN2O5S. The average Bonchev–Trinajstić information content (AvgIpc) is 2.95. The molecule has 0 aliphatic carbocycles. The Morgan fingerprint density at radius 2 is 1.75 bits per heavy atom. The summed E-state index contributed by atoms with van der Waals surface area (Å²) in [5.41, 5.74) is 1.08. The number of hydrogen-bond donors (Lipinski definition) is 2. The minimum Gasteiger partial charge on any atom is -0.478 e. The Bertz CT molecular complexity index is 930. The molecule has 1 atom stereocenters. The van der Waals surface area contributed by atoms with Crippen LogP contribution in [-0.2, 0) is 14.4 Å². The Hall–Kier alpha value is -2.65. The monoisotopic (exact) mass is 462 g/mol. The quantitative estimate of drug-likeness (QED) is 0.638. The average molecular weight is 463 g/mol. The molecule has 3 amide bonds. The molecule has 0 aromatic heterocycles. The first kappa shape index (κ1) is 20.1. The van der Waals surface area contributed by atoms with Crippen LogP contribution >= 0.6 is 27.7 Å². The largest absolute Gasteiger partial charge is 0.478 e. The predicted molar refractivity (Wildman–Crippen MR) is 110 cm³/mol. The Morgan fingerprint density at radius 3 is 2.36 bits per heavy atom. The van der Waals surface area contributed by atoms with Crippen molar-refractivity contribution in [1.82, 2.24) is 0 Å². The van der Waals surface area contributed by atoms with Crippen LogP contribution in [0.2, 0.25) is 0 Å². The summed E-state index contributed by atoms with van der Waals surface area (Å²) in [6, 6.07) is 12.6. The van der Waals surface area contributed by atoms with Gasteiger partial charge >= 0.3 is 5.97 Å². The van der Waals surface area contributed by atoms with Crippen LogP contribution in [0, 0.1) is 0 Å². The molecule has 7 nitrogen and oxygen atoms in total. The molecule has 1 saturated heterocycles. The van der Waals surface area contributed by atoms with Gasteiger partial charge in [0.1, 0.15) is 0 Å². The predicted octanol–water partition coefficient (Wildman–Crippen LogP) is 3.15. The van der Waals surface area contributed by atoms with Crippen molar-refractivity contribution in [2.24, 2.45) is 0 Å². The molecule has 1 heterocycles. The zero-order valence-corrected chi connectivity index (χ0v) is 16.8. The molecule has 2 aromatic carbocycles. The second-order valence-electron chi connectivity index (χ2n) is 5.98. The molecule has 0 saturated carbocycles. The van der Waals surface area contributed by atoms with Crippen LogP contribution in [0.1, 0.15) is 16.8 Å². The zero-order chi connectivity index (χ0) is 20.3. The number of amides is 3. The number of hydrogen-bond acceptors (Lipinski definition) is 5. The second-order valence-corrected chi connectivity index (χ2v) is 8.08. The van der Waals surface area contributed by atoms with Crippen molar-refractivity contribution in [1.29, 1.82) is 0 Å². The van der Waals surface area contributed by atoms with Crippen molar-refractivity contribution in [3.63, 3.8) is 0 Å². The smallest absolute Gasteiger partial charge is 0.335 e. The fraction of sp³-hybridized carbons (Fsp3) is 0.158. The number of thioether (sulfide) groups is 1. The molecule has 28 heavy (non-hydrogen) atoms. The molecule has 0 bridgehead atoms. The van der Waals surface area contributed by atoms with Crippen LogP contribution in [0.3, 0.4) is 0 Å². The molecule has 144 valence electrons. The third kappa shape index (κ3) is 4.60. The summed E-state index contributed by atoms with van der Waals surface area (Å²) in [6.45, 7) is 0. The van der Waals surface area contributed by atoms with Crippen LogP contribution < -0.4 is 10.2 Å². The van der Waals surface area contributed by atoms with Crippen molar-refractivity contribution >= 4 is 62.8 Å². The van der Waals surface area contributed by atoms with E-state index < -0.39 is 11.2 Å². The van der Waals surface area contributed by atoms with Crippen LogP contribution in [0.5, 0.6) is 0 Å². The Kier molecular flexibility index (Phi) is 6.15. The number of carbonyl (C=O) groups excluding carboxylic acids is 3.